The van der Waals surface area contributed by atoms with Crippen LogP contribution in [0.15, 0.2) is 24.3 Å². The number of alkyl halides is 1. The number of rotatable bonds is 8. The molecule has 0 saturated carbocycles. The number of hydrogen-bond donors (Lipinski definition) is 3. The molecule has 2 aliphatic rings. The Hall–Kier alpha value is -1.97. The number of nitrogens with zero attached hydrogens (tertiary/aromatic N) is 1. The van der Waals surface area contributed by atoms with Gasteiger partial charge in [-0.1, -0.05) is 12.1 Å². The number of amides is 2. The SMILES string of the molecule is CC1(C)SC2C(NC(=O)C(N)CCOc3ccc(CCl)cc3)C(=O)N2C1C(=O)O. The Balaban J connectivity index is 1.49. The lowest BCUT2D eigenvalue weighted by molar-refractivity contribution is -0.161. The zero-order valence-electron chi connectivity index (χ0n) is 16.1. The molecule has 0 bridgehead atoms. The average Bonchev–Trinajstić information content (AvgIpc) is 2.94. The Labute approximate surface area is 178 Å². The van der Waals surface area contributed by atoms with Crippen LogP contribution in [0.4, 0.5) is 0 Å². The maximum Gasteiger partial charge on any atom is 0.327 e. The van der Waals surface area contributed by atoms with Gasteiger partial charge in [0.2, 0.25) is 11.8 Å². The van der Waals surface area contributed by atoms with Crippen molar-refractivity contribution in [1.82, 2.24) is 10.2 Å². The highest BCUT2D eigenvalue weighted by atomic mass is 35.5. The first-order valence-electron chi connectivity index (χ1n) is 9.22. The number of hydrogen-bond acceptors (Lipinski definition) is 6. The molecule has 2 amide bonds. The van der Waals surface area contributed by atoms with E-state index in [9.17, 15) is 19.5 Å². The number of fused-ring (bicyclic) bond motifs is 1. The van der Waals surface area contributed by atoms with Gasteiger partial charge in [0.1, 0.15) is 23.2 Å². The minimum Gasteiger partial charge on any atom is -0.494 e. The zero-order valence-corrected chi connectivity index (χ0v) is 17.7. The normalized spacial score (nSPS) is 25.7. The van der Waals surface area contributed by atoms with Crippen LogP contribution in [0.2, 0.25) is 0 Å². The molecular formula is C19H24ClN3O5S. The first-order valence-corrected chi connectivity index (χ1v) is 10.6. The molecule has 8 nitrogen and oxygen atoms in total. The van der Waals surface area contributed by atoms with Crippen LogP contribution in [0.25, 0.3) is 0 Å². The Kier molecular flexibility index (Phi) is 6.30. The monoisotopic (exact) mass is 441 g/mol. The first kappa shape index (κ1) is 21.7. The van der Waals surface area contributed by atoms with Gasteiger partial charge in [0.15, 0.2) is 0 Å². The van der Waals surface area contributed by atoms with Crippen LogP contribution in [0.5, 0.6) is 5.75 Å². The number of carbonyl (C=O) groups excluding carboxylic acids is 2. The predicted octanol–water partition coefficient (Wildman–Crippen LogP) is 1.15. The lowest BCUT2D eigenvalue weighted by Crippen LogP contribution is -2.71. The highest BCUT2D eigenvalue weighted by Crippen LogP contribution is 2.50. The van der Waals surface area contributed by atoms with E-state index < -0.39 is 46.0 Å². The van der Waals surface area contributed by atoms with E-state index in [0.29, 0.717) is 11.6 Å². The van der Waals surface area contributed by atoms with Crippen LogP contribution in [-0.4, -0.2) is 62.6 Å². The molecule has 2 aliphatic heterocycles. The number of β-lactam (4-membered cyclic amide) rings is 1. The maximum absolute atomic E-state index is 12.4. The summed E-state index contributed by atoms with van der Waals surface area (Å²) in [4.78, 5) is 37.7. The van der Waals surface area contributed by atoms with E-state index in [4.69, 9.17) is 22.1 Å². The van der Waals surface area contributed by atoms with Gasteiger partial charge in [0.05, 0.1) is 12.6 Å². The van der Waals surface area contributed by atoms with Crippen molar-refractivity contribution >= 4 is 41.1 Å². The lowest BCUT2D eigenvalue weighted by atomic mass is 9.96. The molecule has 4 unspecified atom stereocenters. The smallest absolute Gasteiger partial charge is 0.327 e. The van der Waals surface area contributed by atoms with Crippen LogP contribution in [-0.2, 0) is 20.3 Å². The third-order valence-corrected chi connectivity index (χ3v) is 6.96. The summed E-state index contributed by atoms with van der Waals surface area (Å²) >= 11 is 7.11. The van der Waals surface area contributed by atoms with E-state index in [1.165, 1.54) is 16.7 Å². The molecule has 1 aromatic carbocycles. The predicted molar refractivity (Wildman–Crippen MR) is 110 cm³/mol. The van der Waals surface area contributed by atoms with E-state index in [1.807, 2.05) is 12.1 Å². The van der Waals surface area contributed by atoms with E-state index in [1.54, 1.807) is 26.0 Å². The minimum absolute atomic E-state index is 0.242. The van der Waals surface area contributed by atoms with E-state index in [-0.39, 0.29) is 13.0 Å². The van der Waals surface area contributed by atoms with Gasteiger partial charge in [-0.05, 0) is 31.5 Å². The summed E-state index contributed by atoms with van der Waals surface area (Å²) in [5.74, 6) is -0.818. The summed E-state index contributed by atoms with van der Waals surface area (Å²) in [6.07, 6.45) is 0.273. The number of carboxylic acids is 1. The van der Waals surface area contributed by atoms with E-state index >= 15 is 0 Å². The molecule has 10 heteroatoms. The number of carboxylic acid groups (broad SMARTS) is 1. The van der Waals surface area contributed by atoms with Crippen LogP contribution in [0, 0.1) is 0 Å². The molecule has 2 fully saturated rings. The molecule has 158 valence electrons. The molecule has 2 saturated heterocycles. The van der Waals surface area contributed by atoms with Gasteiger partial charge in [0.25, 0.3) is 0 Å². The highest BCUT2D eigenvalue weighted by Gasteiger charge is 2.64. The summed E-state index contributed by atoms with van der Waals surface area (Å²) in [5, 5.41) is 11.7. The van der Waals surface area contributed by atoms with Gasteiger partial charge < -0.3 is 25.8 Å². The van der Waals surface area contributed by atoms with E-state index in [0.717, 1.165) is 5.56 Å². The van der Waals surface area contributed by atoms with Crippen molar-refractivity contribution in [2.75, 3.05) is 6.61 Å². The van der Waals surface area contributed by atoms with Gasteiger partial charge in [-0.3, -0.25) is 9.59 Å². The molecule has 2 heterocycles. The highest BCUT2D eigenvalue weighted by molar-refractivity contribution is 8.01. The number of carbonyl (C=O) groups is 3. The Morgan fingerprint density at radius 1 is 1.38 bits per heavy atom. The van der Waals surface area contributed by atoms with E-state index in [2.05, 4.69) is 5.32 Å². The van der Waals surface area contributed by atoms with Crippen molar-refractivity contribution in [1.29, 1.82) is 0 Å². The first-order chi connectivity index (χ1) is 13.7. The van der Waals surface area contributed by atoms with Gasteiger partial charge in [-0.2, -0.15) is 0 Å². The topological polar surface area (TPSA) is 122 Å². The minimum atomic E-state index is -1.05. The van der Waals surface area contributed by atoms with Crippen molar-refractivity contribution in [2.45, 2.75) is 54.4 Å². The molecule has 0 spiro atoms. The fraction of sp³-hybridized carbons (Fsp3) is 0.526. The Bertz CT molecular complexity index is 804. The number of nitrogens with one attached hydrogen (secondary N) is 1. The fourth-order valence-electron chi connectivity index (χ4n) is 3.52. The lowest BCUT2D eigenvalue weighted by Gasteiger charge is -2.43. The molecule has 4 atom stereocenters. The summed E-state index contributed by atoms with van der Waals surface area (Å²) in [6, 6.07) is 4.79. The molecule has 1 aromatic rings. The zero-order chi connectivity index (χ0) is 21.3. The molecule has 0 aliphatic carbocycles. The van der Waals surface area contributed by atoms with Crippen LogP contribution in [0.1, 0.15) is 25.8 Å². The quantitative estimate of drug-likeness (QED) is 0.408. The summed E-state index contributed by atoms with van der Waals surface area (Å²) in [5.41, 5.74) is 6.91. The molecule has 0 aromatic heterocycles. The molecule has 0 radical (unpaired) electrons. The van der Waals surface area contributed by atoms with Gasteiger partial charge in [-0.15, -0.1) is 23.4 Å². The number of ether oxygens (including phenoxy) is 1. The third kappa shape index (κ3) is 4.31. The number of benzene rings is 1. The van der Waals surface area contributed by atoms with Crippen LogP contribution >= 0.6 is 23.4 Å². The van der Waals surface area contributed by atoms with Crippen molar-refractivity contribution in [3.63, 3.8) is 0 Å². The molecule has 29 heavy (non-hydrogen) atoms. The fourth-order valence-corrected chi connectivity index (χ4v) is 5.32. The largest absolute Gasteiger partial charge is 0.494 e. The van der Waals surface area contributed by atoms with Crippen LogP contribution < -0.4 is 15.8 Å². The second-order valence-electron chi connectivity index (χ2n) is 7.61. The van der Waals surface area contributed by atoms with Crippen molar-refractivity contribution in [3.05, 3.63) is 29.8 Å². The van der Waals surface area contributed by atoms with Crippen molar-refractivity contribution in [3.8, 4) is 5.75 Å². The number of nitrogens with two attached hydrogens (primary N) is 1. The second-order valence-corrected chi connectivity index (χ2v) is 9.64. The summed E-state index contributed by atoms with van der Waals surface area (Å²) in [6.45, 7) is 3.80. The third-order valence-electron chi connectivity index (χ3n) is 5.08. The van der Waals surface area contributed by atoms with Crippen molar-refractivity contribution in [2.24, 2.45) is 5.73 Å². The summed E-state index contributed by atoms with van der Waals surface area (Å²) < 4.78 is 4.94. The second kappa shape index (κ2) is 8.41. The maximum atomic E-state index is 12.4. The Morgan fingerprint density at radius 2 is 2.03 bits per heavy atom. The van der Waals surface area contributed by atoms with Gasteiger partial charge >= 0.3 is 5.97 Å². The van der Waals surface area contributed by atoms with Crippen molar-refractivity contribution < 1.29 is 24.2 Å². The number of aliphatic carboxylic acids is 1. The number of thioether (sulfide) groups is 1. The van der Waals surface area contributed by atoms with Crippen LogP contribution in [0.3, 0.4) is 0 Å². The molecule has 3 rings (SSSR count). The van der Waals surface area contributed by atoms with Gasteiger partial charge in [0, 0.05) is 17.0 Å². The standard InChI is InChI=1S/C19H24ClN3O5S/c1-19(2)14(18(26)27)23-16(25)13(17(23)29-19)22-15(24)12(21)7-8-28-11-5-3-10(9-20)4-6-11/h3-6,12-14,17H,7-9,21H2,1-2H3,(H,22,24)(H,26,27). The average molecular weight is 442 g/mol. The van der Waals surface area contributed by atoms with Gasteiger partial charge in [-0.25, -0.2) is 4.79 Å². The Morgan fingerprint density at radius 3 is 2.62 bits per heavy atom. The number of halogens is 1. The molecule has 4 N–H and O–H groups in total. The molecular weight excluding hydrogens is 418 g/mol. The summed E-state index contributed by atoms with van der Waals surface area (Å²) in [7, 11) is 0.